The van der Waals surface area contributed by atoms with Crippen molar-refractivity contribution in [3.05, 3.63) is 24.6 Å². The van der Waals surface area contributed by atoms with E-state index in [0.717, 1.165) is 18.8 Å². The maximum absolute atomic E-state index is 5.63. The van der Waals surface area contributed by atoms with Crippen LogP contribution in [-0.4, -0.2) is 30.2 Å². The van der Waals surface area contributed by atoms with Gasteiger partial charge in [-0.05, 0) is 13.0 Å². The zero-order valence-corrected chi connectivity index (χ0v) is 7.40. The molecule has 1 aliphatic rings. The summed E-state index contributed by atoms with van der Waals surface area (Å²) in [4.78, 5) is 6.08. The van der Waals surface area contributed by atoms with E-state index in [4.69, 9.17) is 5.73 Å². The third kappa shape index (κ3) is 2.20. The molecule has 1 heterocycles. The van der Waals surface area contributed by atoms with Crippen LogP contribution < -0.4 is 5.73 Å². The minimum absolute atomic E-state index is 0.324. The summed E-state index contributed by atoms with van der Waals surface area (Å²) in [6, 6.07) is 0.324. The van der Waals surface area contributed by atoms with Gasteiger partial charge in [0.15, 0.2) is 0 Å². The minimum Gasteiger partial charge on any atom is -0.369 e. The van der Waals surface area contributed by atoms with Gasteiger partial charge in [0, 0.05) is 37.2 Å². The van der Waals surface area contributed by atoms with Crippen LogP contribution in [0, 0.1) is 0 Å². The van der Waals surface area contributed by atoms with Gasteiger partial charge in [0.25, 0.3) is 0 Å². The maximum atomic E-state index is 5.63. The molecule has 12 heavy (non-hydrogen) atoms. The zero-order valence-electron chi connectivity index (χ0n) is 7.40. The van der Waals surface area contributed by atoms with Gasteiger partial charge < -0.3 is 10.6 Å². The summed E-state index contributed by atoms with van der Waals surface area (Å²) in [6.45, 7) is 7.61. The first kappa shape index (κ1) is 9.00. The van der Waals surface area contributed by atoms with Crippen molar-refractivity contribution >= 4 is 6.21 Å². The number of hydrogen-bond acceptors (Lipinski definition) is 3. The van der Waals surface area contributed by atoms with E-state index in [1.54, 1.807) is 12.4 Å². The molecule has 0 spiro atoms. The van der Waals surface area contributed by atoms with Gasteiger partial charge in [0.05, 0.1) is 0 Å². The van der Waals surface area contributed by atoms with Crippen LogP contribution in [0.2, 0.25) is 0 Å². The van der Waals surface area contributed by atoms with Crippen LogP contribution in [-0.2, 0) is 0 Å². The Morgan fingerprint density at radius 3 is 2.83 bits per heavy atom. The highest BCUT2D eigenvalue weighted by atomic mass is 15.2. The Balaban J connectivity index is 2.29. The lowest BCUT2D eigenvalue weighted by Crippen LogP contribution is -2.54. The van der Waals surface area contributed by atoms with Crippen molar-refractivity contribution in [1.82, 2.24) is 4.90 Å². The summed E-state index contributed by atoms with van der Waals surface area (Å²) >= 11 is 0. The largest absolute Gasteiger partial charge is 0.369 e. The SMILES string of the molecule is C=C(/C=C\N=C/C)N1CC(N)C1. The monoisotopic (exact) mass is 165 g/mol. The maximum Gasteiger partial charge on any atom is 0.0395 e. The van der Waals surface area contributed by atoms with E-state index in [9.17, 15) is 0 Å². The van der Waals surface area contributed by atoms with Gasteiger partial charge >= 0.3 is 0 Å². The molecule has 0 aromatic heterocycles. The van der Waals surface area contributed by atoms with E-state index in [0.29, 0.717) is 6.04 Å². The van der Waals surface area contributed by atoms with E-state index in [1.807, 2.05) is 13.0 Å². The molecule has 1 fully saturated rings. The van der Waals surface area contributed by atoms with E-state index >= 15 is 0 Å². The summed E-state index contributed by atoms with van der Waals surface area (Å²) in [7, 11) is 0. The Kier molecular flexibility index (Phi) is 3.05. The van der Waals surface area contributed by atoms with Crippen LogP contribution in [0.4, 0.5) is 0 Å². The van der Waals surface area contributed by atoms with Crippen molar-refractivity contribution in [2.24, 2.45) is 10.7 Å². The van der Waals surface area contributed by atoms with Crippen molar-refractivity contribution in [1.29, 1.82) is 0 Å². The van der Waals surface area contributed by atoms with Gasteiger partial charge in [-0.15, -0.1) is 0 Å². The molecule has 0 radical (unpaired) electrons. The number of hydrogen-bond donors (Lipinski definition) is 1. The molecule has 2 N–H and O–H groups in total. The third-order valence-electron chi connectivity index (χ3n) is 1.82. The molecule has 1 saturated heterocycles. The van der Waals surface area contributed by atoms with Crippen LogP contribution in [0.1, 0.15) is 6.92 Å². The normalized spacial score (nSPS) is 19.0. The lowest BCUT2D eigenvalue weighted by atomic mass is 10.1. The number of likely N-dealkylation sites (tertiary alicyclic amines) is 1. The number of allylic oxidation sites excluding steroid dienone is 1. The molecule has 3 heteroatoms. The van der Waals surface area contributed by atoms with Gasteiger partial charge in [-0.3, -0.25) is 4.99 Å². The van der Waals surface area contributed by atoms with Gasteiger partial charge in [0.1, 0.15) is 0 Å². The van der Waals surface area contributed by atoms with Crippen molar-refractivity contribution in [3.63, 3.8) is 0 Å². The van der Waals surface area contributed by atoms with Crippen molar-refractivity contribution in [2.45, 2.75) is 13.0 Å². The molecule has 3 nitrogen and oxygen atoms in total. The van der Waals surface area contributed by atoms with Crippen LogP contribution >= 0.6 is 0 Å². The Morgan fingerprint density at radius 1 is 1.67 bits per heavy atom. The number of aliphatic imine (C=N–C) groups is 1. The molecular weight excluding hydrogens is 150 g/mol. The Morgan fingerprint density at radius 2 is 2.33 bits per heavy atom. The van der Waals surface area contributed by atoms with Crippen LogP contribution in [0.5, 0.6) is 0 Å². The second kappa shape index (κ2) is 4.07. The van der Waals surface area contributed by atoms with Crippen molar-refractivity contribution < 1.29 is 0 Å². The molecule has 0 bridgehead atoms. The molecular formula is C9H15N3. The van der Waals surface area contributed by atoms with E-state index in [-0.39, 0.29) is 0 Å². The summed E-state index contributed by atoms with van der Waals surface area (Å²) in [6.07, 6.45) is 5.38. The number of nitrogens with zero attached hydrogens (tertiary/aromatic N) is 2. The van der Waals surface area contributed by atoms with E-state index in [2.05, 4.69) is 16.5 Å². The predicted molar refractivity (Wildman–Crippen MR) is 52.0 cm³/mol. The average Bonchev–Trinajstić information content (AvgIpc) is 1.99. The molecule has 1 aliphatic heterocycles. The summed E-state index contributed by atoms with van der Waals surface area (Å²) in [5, 5.41) is 0. The summed E-state index contributed by atoms with van der Waals surface area (Å²) in [5.41, 5.74) is 6.61. The first-order valence-corrected chi connectivity index (χ1v) is 4.08. The molecule has 0 saturated carbocycles. The fourth-order valence-corrected chi connectivity index (χ4v) is 1.07. The molecule has 0 aromatic rings. The minimum atomic E-state index is 0.324. The van der Waals surface area contributed by atoms with Gasteiger partial charge in [-0.1, -0.05) is 6.58 Å². The second-order valence-corrected chi connectivity index (χ2v) is 2.88. The second-order valence-electron chi connectivity index (χ2n) is 2.88. The number of rotatable bonds is 3. The molecule has 0 aliphatic carbocycles. The molecule has 0 aromatic carbocycles. The predicted octanol–water partition coefficient (Wildman–Crippen LogP) is 0.747. The van der Waals surface area contributed by atoms with Crippen molar-refractivity contribution in [3.8, 4) is 0 Å². The molecule has 0 amide bonds. The smallest absolute Gasteiger partial charge is 0.0395 e. The van der Waals surface area contributed by atoms with Gasteiger partial charge in [0.2, 0.25) is 0 Å². The summed E-state index contributed by atoms with van der Waals surface area (Å²) in [5.74, 6) is 0. The van der Waals surface area contributed by atoms with Crippen LogP contribution in [0.3, 0.4) is 0 Å². The zero-order chi connectivity index (χ0) is 8.97. The Hall–Kier alpha value is -1.09. The van der Waals surface area contributed by atoms with Crippen LogP contribution in [0.25, 0.3) is 0 Å². The van der Waals surface area contributed by atoms with E-state index < -0.39 is 0 Å². The average molecular weight is 165 g/mol. The first-order valence-electron chi connectivity index (χ1n) is 4.08. The van der Waals surface area contributed by atoms with Crippen LogP contribution in [0.15, 0.2) is 29.5 Å². The fraction of sp³-hybridized carbons (Fsp3) is 0.444. The van der Waals surface area contributed by atoms with Gasteiger partial charge in [-0.25, -0.2) is 0 Å². The quantitative estimate of drug-likeness (QED) is 0.495. The van der Waals surface area contributed by atoms with Crippen molar-refractivity contribution in [2.75, 3.05) is 13.1 Å². The Bertz CT molecular complexity index is 212. The highest BCUT2D eigenvalue weighted by molar-refractivity contribution is 5.54. The number of nitrogens with two attached hydrogens (primary N) is 1. The van der Waals surface area contributed by atoms with E-state index in [1.165, 1.54) is 0 Å². The molecule has 1 rings (SSSR count). The lowest BCUT2D eigenvalue weighted by Gasteiger charge is -2.39. The standard InChI is InChI=1S/C9H15N3/c1-3-11-5-4-8(2)12-6-9(10)7-12/h3-5,9H,2,6-7,10H2,1H3/b5-4-,11-3-. The highest BCUT2D eigenvalue weighted by Crippen LogP contribution is 2.12. The highest BCUT2D eigenvalue weighted by Gasteiger charge is 2.22. The van der Waals surface area contributed by atoms with Gasteiger partial charge in [-0.2, -0.15) is 0 Å². The Labute approximate surface area is 73.3 Å². The molecule has 66 valence electrons. The fourth-order valence-electron chi connectivity index (χ4n) is 1.07. The first-order chi connectivity index (χ1) is 5.74. The lowest BCUT2D eigenvalue weighted by molar-refractivity contribution is 0.209. The summed E-state index contributed by atoms with van der Waals surface area (Å²) < 4.78 is 0. The molecule has 0 atom stereocenters. The topological polar surface area (TPSA) is 41.6 Å². The molecule has 0 unspecified atom stereocenters. The third-order valence-corrected chi connectivity index (χ3v) is 1.82.